The van der Waals surface area contributed by atoms with Crippen LogP contribution in [-0.2, 0) is 6.18 Å². The summed E-state index contributed by atoms with van der Waals surface area (Å²) in [4.78, 5) is 8.64. The lowest BCUT2D eigenvalue weighted by atomic mass is 10.1. The van der Waals surface area contributed by atoms with Crippen LogP contribution in [0.5, 0.6) is 0 Å². The van der Waals surface area contributed by atoms with Gasteiger partial charge in [0.2, 0.25) is 5.95 Å². The van der Waals surface area contributed by atoms with Crippen molar-refractivity contribution in [3.63, 3.8) is 0 Å². The molecule has 0 atom stereocenters. The van der Waals surface area contributed by atoms with Crippen molar-refractivity contribution >= 4 is 29.1 Å². The van der Waals surface area contributed by atoms with E-state index in [1.807, 2.05) is 6.92 Å². The van der Waals surface area contributed by atoms with E-state index in [0.29, 0.717) is 24.2 Å². The number of rotatable bonds is 5. The summed E-state index contributed by atoms with van der Waals surface area (Å²) < 4.78 is 39.6. The smallest absolute Gasteiger partial charge is 0.354 e. The van der Waals surface area contributed by atoms with Crippen LogP contribution in [0.3, 0.4) is 0 Å². The maximum atomic E-state index is 13.2. The number of nitrogens with one attached hydrogen (secondary N) is 2. The highest BCUT2D eigenvalue weighted by molar-refractivity contribution is 6.33. The third-order valence-electron chi connectivity index (χ3n) is 3.65. The van der Waals surface area contributed by atoms with Crippen molar-refractivity contribution in [3.05, 3.63) is 40.5 Å². The van der Waals surface area contributed by atoms with Crippen molar-refractivity contribution in [2.75, 3.05) is 17.2 Å². The molecule has 128 valence electrons. The summed E-state index contributed by atoms with van der Waals surface area (Å²) in [6.07, 6.45) is -2.45. The Kier molecular flexibility index (Phi) is 4.54. The Morgan fingerprint density at radius 3 is 2.62 bits per heavy atom. The Morgan fingerprint density at radius 1 is 1.25 bits per heavy atom. The molecule has 0 spiro atoms. The fourth-order valence-electron chi connectivity index (χ4n) is 2.37. The molecule has 1 aliphatic carbocycles. The molecule has 0 saturated heterocycles. The Hall–Kier alpha value is -2.02. The van der Waals surface area contributed by atoms with Gasteiger partial charge in [0.05, 0.1) is 22.0 Å². The van der Waals surface area contributed by atoms with Crippen LogP contribution in [0.4, 0.5) is 30.6 Å². The molecule has 1 saturated carbocycles. The monoisotopic (exact) mass is 356 g/mol. The number of hydrogen-bond acceptors (Lipinski definition) is 4. The van der Waals surface area contributed by atoms with Crippen LogP contribution in [0.1, 0.15) is 36.9 Å². The zero-order chi connectivity index (χ0) is 17.3. The van der Waals surface area contributed by atoms with E-state index in [1.54, 1.807) is 6.07 Å². The standard InChI is InChI=1S/C16H16ClF3N4/c1-2-21-15-22-12(9-6-7-9)8-13(24-15)23-14-10(16(18,19)20)4-3-5-11(14)17/h3-5,8-9H,2,6-7H2,1H3,(H2,21,22,23,24). The average molecular weight is 357 g/mol. The van der Waals surface area contributed by atoms with Crippen LogP contribution in [0.25, 0.3) is 0 Å². The number of benzene rings is 1. The Bertz CT molecular complexity index is 745. The summed E-state index contributed by atoms with van der Waals surface area (Å²) in [6.45, 7) is 2.52. The molecule has 0 bridgehead atoms. The SMILES string of the molecule is CCNc1nc(Nc2c(Cl)cccc2C(F)(F)F)cc(C2CC2)n1. The highest BCUT2D eigenvalue weighted by Gasteiger charge is 2.34. The lowest BCUT2D eigenvalue weighted by Crippen LogP contribution is -2.11. The molecule has 2 aromatic rings. The molecule has 24 heavy (non-hydrogen) atoms. The molecule has 0 radical (unpaired) electrons. The van der Waals surface area contributed by atoms with E-state index in [2.05, 4.69) is 20.6 Å². The van der Waals surface area contributed by atoms with Crippen LogP contribution in [-0.4, -0.2) is 16.5 Å². The molecule has 1 fully saturated rings. The summed E-state index contributed by atoms with van der Waals surface area (Å²) >= 11 is 5.98. The van der Waals surface area contributed by atoms with E-state index in [0.717, 1.165) is 24.6 Å². The number of para-hydroxylation sites is 1. The quantitative estimate of drug-likeness (QED) is 0.773. The molecule has 0 unspecified atom stereocenters. The Labute approximate surface area is 142 Å². The van der Waals surface area contributed by atoms with Gasteiger partial charge in [0, 0.05) is 18.5 Å². The van der Waals surface area contributed by atoms with Crippen molar-refractivity contribution in [1.29, 1.82) is 0 Å². The summed E-state index contributed by atoms with van der Waals surface area (Å²) in [6, 6.07) is 5.35. The molecule has 8 heteroatoms. The lowest BCUT2D eigenvalue weighted by Gasteiger charge is -2.16. The minimum absolute atomic E-state index is 0.0126. The predicted molar refractivity (Wildman–Crippen MR) is 87.9 cm³/mol. The Morgan fingerprint density at radius 2 is 2.00 bits per heavy atom. The molecule has 3 rings (SSSR count). The normalized spacial score (nSPS) is 14.5. The van der Waals surface area contributed by atoms with Gasteiger partial charge in [-0.1, -0.05) is 17.7 Å². The molecule has 0 aliphatic heterocycles. The average Bonchev–Trinajstić information content (AvgIpc) is 3.33. The minimum Gasteiger partial charge on any atom is -0.354 e. The van der Waals surface area contributed by atoms with E-state index >= 15 is 0 Å². The van der Waals surface area contributed by atoms with E-state index in [1.165, 1.54) is 12.1 Å². The van der Waals surface area contributed by atoms with Gasteiger partial charge >= 0.3 is 6.18 Å². The van der Waals surface area contributed by atoms with Crippen LogP contribution >= 0.6 is 11.6 Å². The van der Waals surface area contributed by atoms with Crippen molar-refractivity contribution in [3.8, 4) is 0 Å². The number of aromatic nitrogens is 2. The largest absolute Gasteiger partial charge is 0.418 e. The topological polar surface area (TPSA) is 49.8 Å². The number of anilines is 3. The first-order valence-corrected chi connectivity index (χ1v) is 8.02. The fraction of sp³-hybridized carbons (Fsp3) is 0.375. The molecule has 2 N–H and O–H groups in total. The van der Waals surface area contributed by atoms with Crippen molar-refractivity contribution < 1.29 is 13.2 Å². The summed E-state index contributed by atoms with van der Waals surface area (Å²) in [7, 11) is 0. The van der Waals surface area contributed by atoms with Gasteiger partial charge in [-0.3, -0.25) is 0 Å². The molecule has 4 nitrogen and oxygen atoms in total. The third kappa shape index (κ3) is 3.72. The molecule has 1 aliphatic rings. The van der Waals surface area contributed by atoms with Crippen molar-refractivity contribution in [2.45, 2.75) is 31.9 Å². The zero-order valence-corrected chi connectivity index (χ0v) is 13.7. The van der Waals surface area contributed by atoms with Gasteiger partial charge in [0.1, 0.15) is 5.82 Å². The molecule has 0 amide bonds. The number of hydrogen-bond donors (Lipinski definition) is 2. The second-order valence-corrected chi connectivity index (χ2v) is 6.00. The van der Waals surface area contributed by atoms with Crippen LogP contribution in [0, 0.1) is 0 Å². The van der Waals surface area contributed by atoms with E-state index in [4.69, 9.17) is 11.6 Å². The van der Waals surface area contributed by atoms with Gasteiger partial charge in [-0.15, -0.1) is 0 Å². The van der Waals surface area contributed by atoms with Gasteiger partial charge in [-0.2, -0.15) is 18.2 Å². The number of alkyl halides is 3. The molecule has 1 heterocycles. The van der Waals surface area contributed by atoms with Gasteiger partial charge in [0.15, 0.2) is 0 Å². The zero-order valence-electron chi connectivity index (χ0n) is 12.9. The van der Waals surface area contributed by atoms with Crippen LogP contribution in [0.2, 0.25) is 5.02 Å². The summed E-state index contributed by atoms with van der Waals surface area (Å²) in [5, 5.41) is 5.71. The van der Waals surface area contributed by atoms with Crippen LogP contribution < -0.4 is 10.6 Å². The second kappa shape index (κ2) is 6.47. The molecular weight excluding hydrogens is 341 g/mol. The fourth-order valence-corrected chi connectivity index (χ4v) is 2.59. The van der Waals surface area contributed by atoms with Gasteiger partial charge < -0.3 is 10.6 Å². The number of halogens is 4. The Balaban J connectivity index is 1.99. The van der Waals surface area contributed by atoms with E-state index < -0.39 is 11.7 Å². The first-order chi connectivity index (χ1) is 11.4. The van der Waals surface area contributed by atoms with Gasteiger partial charge in [-0.05, 0) is 31.9 Å². The maximum Gasteiger partial charge on any atom is 0.418 e. The van der Waals surface area contributed by atoms with Crippen molar-refractivity contribution in [1.82, 2.24) is 9.97 Å². The number of nitrogens with zero attached hydrogens (tertiary/aromatic N) is 2. The molecule has 1 aromatic heterocycles. The van der Waals surface area contributed by atoms with E-state index in [-0.39, 0.29) is 10.7 Å². The first-order valence-electron chi connectivity index (χ1n) is 7.64. The van der Waals surface area contributed by atoms with E-state index in [9.17, 15) is 13.2 Å². The highest BCUT2D eigenvalue weighted by Crippen LogP contribution is 2.42. The highest BCUT2D eigenvalue weighted by atomic mass is 35.5. The second-order valence-electron chi connectivity index (χ2n) is 5.59. The van der Waals surface area contributed by atoms with Gasteiger partial charge in [0.25, 0.3) is 0 Å². The summed E-state index contributed by atoms with van der Waals surface area (Å²) in [5.74, 6) is 1.03. The minimum atomic E-state index is -4.51. The van der Waals surface area contributed by atoms with Gasteiger partial charge in [-0.25, -0.2) is 4.98 Å². The first kappa shape index (κ1) is 16.8. The molecular formula is C16H16ClF3N4. The maximum absolute atomic E-state index is 13.2. The van der Waals surface area contributed by atoms with Crippen molar-refractivity contribution in [2.24, 2.45) is 0 Å². The lowest BCUT2D eigenvalue weighted by molar-refractivity contribution is -0.136. The van der Waals surface area contributed by atoms with Crippen LogP contribution in [0.15, 0.2) is 24.3 Å². The third-order valence-corrected chi connectivity index (χ3v) is 3.96. The predicted octanol–water partition coefficient (Wildman–Crippen LogP) is 5.20. The molecule has 1 aromatic carbocycles. The summed E-state index contributed by atoms with van der Waals surface area (Å²) in [5.41, 5.74) is -0.204.